The van der Waals surface area contributed by atoms with Gasteiger partial charge in [-0.15, -0.1) is 10.2 Å². The number of nitrogens with zero attached hydrogens (tertiary/aromatic N) is 6. The van der Waals surface area contributed by atoms with Crippen molar-refractivity contribution < 1.29 is 23.6 Å². The standard InChI is InChI=1S/C44H36N8O5/c53-39(37-11-5-25-51(37)43(55)35-23-17-27-7-1-3-9-33(27)47-35)45-31-19-13-29(14-20-31)41-49-50-42(57-41)30-15-21-32(22-16-30)46-40(54)38-12-6-26-52(38)44(56)36-24-18-28-8-2-4-10-34(28)48-36/h1-4,7-10,13-24,37-38H,5-6,11-12,25-26H2,(H,45,53)(H,46,54). The first-order chi connectivity index (χ1) is 27.9. The number of fused-ring (bicyclic) bond motifs is 2. The molecule has 13 heteroatoms. The van der Waals surface area contributed by atoms with Gasteiger partial charge in [-0.2, -0.15) is 0 Å². The molecular formula is C44H36N8O5. The van der Waals surface area contributed by atoms with Gasteiger partial charge in [0, 0.05) is 46.4 Å². The molecule has 3 aromatic heterocycles. The lowest BCUT2D eigenvalue weighted by Gasteiger charge is -2.23. The fourth-order valence-corrected chi connectivity index (χ4v) is 7.53. The van der Waals surface area contributed by atoms with Crippen molar-refractivity contribution in [2.75, 3.05) is 23.7 Å². The highest BCUT2D eigenvalue weighted by Crippen LogP contribution is 2.28. The van der Waals surface area contributed by atoms with E-state index < -0.39 is 12.1 Å². The van der Waals surface area contributed by atoms with Gasteiger partial charge >= 0.3 is 0 Å². The minimum Gasteiger partial charge on any atom is -0.416 e. The van der Waals surface area contributed by atoms with E-state index in [1.165, 1.54) is 0 Å². The summed E-state index contributed by atoms with van der Waals surface area (Å²) in [5.74, 6) is -0.465. The number of aromatic nitrogens is 4. The van der Waals surface area contributed by atoms with Gasteiger partial charge in [0.05, 0.1) is 11.0 Å². The van der Waals surface area contributed by atoms with E-state index in [9.17, 15) is 19.2 Å². The van der Waals surface area contributed by atoms with Crippen molar-refractivity contribution in [3.63, 3.8) is 0 Å². The molecule has 2 aliphatic heterocycles. The third-order valence-corrected chi connectivity index (χ3v) is 10.5. The Morgan fingerprint density at radius 2 is 0.947 bits per heavy atom. The number of nitrogens with one attached hydrogen (secondary N) is 2. The van der Waals surface area contributed by atoms with Gasteiger partial charge in [0.25, 0.3) is 11.8 Å². The predicted molar refractivity (Wildman–Crippen MR) is 214 cm³/mol. The fraction of sp³-hybridized carbons (Fsp3) is 0.182. The monoisotopic (exact) mass is 756 g/mol. The van der Waals surface area contributed by atoms with Crippen LogP contribution in [0.25, 0.3) is 44.7 Å². The molecule has 4 aromatic carbocycles. The Morgan fingerprint density at radius 3 is 1.39 bits per heavy atom. The highest BCUT2D eigenvalue weighted by atomic mass is 16.4. The maximum Gasteiger partial charge on any atom is 0.273 e. The van der Waals surface area contributed by atoms with Crippen LogP contribution in [0.1, 0.15) is 46.7 Å². The van der Waals surface area contributed by atoms with Crippen molar-refractivity contribution in [2.24, 2.45) is 0 Å². The Hall–Kier alpha value is -7.28. The highest BCUT2D eigenvalue weighted by molar-refractivity contribution is 6.03. The van der Waals surface area contributed by atoms with Gasteiger partial charge < -0.3 is 24.9 Å². The van der Waals surface area contributed by atoms with Crippen molar-refractivity contribution >= 4 is 56.8 Å². The molecule has 2 aliphatic rings. The van der Waals surface area contributed by atoms with E-state index in [0.717, 1.165) is 34.6 Å². The molecule has 5 heterocycles. The van der Waals surface area contributed by atoms with Crippen LogP contribution in [-0.4, -0.2) is 78.8 Å². The molecule has 2 fully saturated rings. The lowest BCUT2D eigenvalue weighted by molar-refractivity contribution is -0.120. The van der Waals surface area contributed by atoms with Crippen LogP contribution >= 0.6 is 0 Å². The summed E-state index contributed by atoms with van der Waals surface area (Å²) in [5, 5.41) is 16.2. The SMILES string of the molecule is O=C(Nc1ccc(-c2nnc(-c3ccc(NC(=O)C4CCCN4C(=O)c4ccc5ccccc5n4)cc3)o2)cc1)C1CCCN1C(=O)c1ccc2ccccc2n1. The van der Waals surface area contributed by atoms with E-state index in [0.29, 0.717) is 71.6 Å². The summed E-state index contributed by atoms with van der Waals surface area (Å²) < 4.78 is 5.98. The summed E-state index contributed by atoms with van der Waals surface area (Å²) in [4.78, 5) is 65.8. The summed E-state index contributed by atoms with van der Waals surface area (Å²) >= 11 is 0. The summed E-state index contributed by atoms with van der Waals surface area (Å²) in [7, 11) is 0. The molecule has 282 valence electrons. The van der Waals surface area contributed by atoms with E-state index in [1.54, 1.807) is 70.5 Å². The van der Waals surface area contributed by atoms with Crippen molar-refractivity contribution in [2.45, 2.75) is 37.8 Å². The normalized spacial score (nSPS) is 16.6. The average Bonchev–Trinajstić information content (AvgIpc) is 4.06. The molecule has 0 aliphatic carbocycles. The zero-order chi connectivity index (χ0) is 38.9. The molecule has 57 heavy (non-hydrogen) atoms. The second kappa shape index (κ2) is 15.1. The number of anilines is 2. The molecule has 0 spiro atoms. The van der Waals surface area contributed by atoms with Crippen LogP contribution in [0.5, 0.6) is 0 Å². The topological polar surface area (TPSA) is 164 Å². The van der Waals surface area contributed by atoms with Gasteiger partial charge in [0.1, 0.15) is 23.5 Å². The van der Waals surface area contributed by atoms with Gasteiger partial charge in [0.2, 0.25) is 23.6 Å². The first kappa shape index (κ1) is 35.4. The maximum absolute atomic E-state index is 13.4. The van der Waals surface area contributed by atoms with Crippen LogP contribution in [0, 0.1) is 0 Å². The summed E-state index contributed by atoms with van der Waals surface area (Å²) in [6.07, 6.45) is 2.57. The molecule has 0 radical (unpaired) electrons. The Balaban J connectivity index is 0.807. The summed E-state index contributed by atoms with van der Waals surface area (Å²) in [5.41, 5.74) is 4.55. The van der Waals surface area contributed by atoms with E-state index >= 15 is 0 Å². The Kier molecular flexibility index (Phi) is 9.38. The van der Waals surface area contributed by atoms with Crippen LogP contribution < -0.4 is 10.6 Å². The van der Waals surface area contributed by atoms with Crippen LogP contribution in [0.4, 0.5) is 11.4 Å². The van der Waals surface area contributed by atoms with Gasteiger partial charge in [0.15, 0.2) is 0 Å². The lowest BCUT2D eigenvalue weighted by atomic mass is 10.1. The van der Waals surface area contributed by atoms with Crippen molar-refractivity contribution in [3.8, 4) is 22.9 Å². The average molecular weight is 757 g/mol. The summed E-state index contributed by atoms with van der Waals surface area (Å²) in [6, 6.07) is 35.2. The van der Waals surface area contributed by atoms with Gasteiger partial charge in [-0.1, -0.05) is 48.5 Å². The third-order valence-electron chi connectivity index (χ3n) is 10.5. The number of hydrogen-bond donors (Lipinski definition) is 2. The molecule has 0 bridgehead atoms. The maximum atomic E-state index is 13.4. The molecule has 2 saturated heterocycles. The first-order valence-electron chi connectivity index (χ1n) is 18.9. The van der Waals surface area contributed by atoms with Crippen molar-refractivity contribution in [1.29, 1.82) is 0 Å². The zero-order valence-corrected chi connectivity index (χ0v) is 30.7. The number of carbonyl (C=O) groups excluding carboxylic acids is 4. The minimum absolute atomic E-state index is 0.263. The van der Waals surface area contributed by atoms with Crippen molar-refractivity contribution in [1.82, 2.24) is 30.0 Å². The number of amides is 4. The predicted octanol–water partition coefficient (Wildman–Crippen LogP) is 6.99. The molecule has 2 N–H and O–H groups in total. The van der Waals surface area contributed by atoms with E-state index in [-0.39, 0.29) is 23.6 Å². The summed E-state index contributed by atoms with van der Waals surface area (Å²) in [6.45, 7) is 0.960. The fourth-order valence-electron chi connectivity index (χ4n) is 7.53. The Bertz CT molecular complexity index is 2480. The number of hydrogen-bond acceptors (Lipinski definition) is 9. The molecule has 4 amide bonds. The number of rotatable bonds is 8. The second-order valence-corrected chi connectivity index (χ2v) is 14.1. The number of carbonyl (C=O) groups is 4. The van der Waals surface area contributed by atoms with Gasteiger partial charge in [-0.25, -0.2) is 9.97 Å². The third kappa shape index (κ3) is 7.18. The van der Waals surface area contributed by atoms with E-state index in [4.69, 9.17) is 4.42 Å². The second-order valence-electron chi connectivity index (χ2n) is 14.1. The number of pyridine rings is 2. The number of likely N-dealkylation sites (tertiary alicyclic amines) is 2. The molecule has 13 nitrogen and oxygen atoms in total. The van der Waals surface area contributed by atoms with Crippen LogP contribution in [0.3, 0.4) is 0 Å². The van der Waals surface area contributed by atoms with Gasteiger partial charge in [-0.05, 0) is 98.5 Å². The number of para-hydroxylation sites is 2. The molecule has 9 rings (SSSR count). The molecule has 2 unspecified atom stereocenters. The minimum atomic E-state index is -0.608. The lowest BCUT2D eigenvalue weighted by Crippen LogP contribution is -2.43. The van der Waals surface area contributed by atoms with Crippen LogP contribution in [0.15, 0.2) is 126 Å². The van der Waals surface area contributed by atoms with Crippen LogP contribution in [0.2, 0.25) is 0 Å². The van der Waals surface area contributed by atoms with Crippen molar-refractivity contribution in [3.05, 3.63) is 133 Å². The molecular weight excluding hydrogens is 721 g/mol. The van der Waals surface area contributed by atoms with E-state index in [2.05, 4.69) is 30.8 Å². The molecule has 0 saturated carbocycles. The van der Waals surface area contributed by atoms with Crippen LogP contribution in [-0.2, 0) is 9.59 Å². The number of benzene rings is 4. The first-order valence-corrected chi connectivity index (χ1v) is 18.9. The van der Waals surface area contributed by atoms with Gasteiger partial charge in [-0.3, -0.25) is 19.2 Å². The zero-order valence-electron chi connectivity index (χ0n) is 30.7. The molecule has 2 atom stereocenters. The Labute approximate surface area is 326 Å². The highest BCUT2D eigenvalue weighted by Gasteiger charge is 2.36. The van der Waals surface area contributed by atoms with E-state index in [1.807, 2.05) is 60.7 Å². The Morgan fingerprint density at radius 1 is 0.526 bits per heavy atom. The molecule has 7 aromatic rings. The smallest absolute Gasteiger partial charge is 0.273 e. The quantitative estimate of drug-likeness (QED) is 0.166. The largest absolute Gasteiger partial charge is 0.416 e.